The van der Waals surface area contributed by atoms with Gasteiger partial charge in [-0.05, 0) is 19.1 Å². The molecule has 1 atom stereocenters. The highest BCUT2D eigenvalue weighted by atomic mass is 35.5. The van der Waals surface area contributed by atoms with E-state index in [1.807, 2.05) is 25.3 Å². The standard InChI is InChI=1S/C7H10ClNO/c1-6-7(8)4-3-5-9(6)10-2/h3-6H,1-2H3. The van der Waals surface area contributed by atoms with Crippen LogP contribution in [-0.4, -0.2) is 18.2 Å². The molecule has 0 radical (unpaired) electrons. The van der Waals surface area contributed by atoms with E-state index < -0.39 is 0 Å². The zero-order valence-electron chi connectivity index (χ0n) is 6.04. The Labute approximate surface area is 65.7 Å². The molecule has 1 heterocycles. The first kappa shape index (κ1) is 7.63. The van der Waals surface area contributed by atoms with Gasteiger partial charge in [-0.3, -0.25) is 9.90 Å². The van der Waals surface area contributed by atoms with Crippen molar-refractivity contribution in [3.05, 3.63) is 23.4 Å². The summed E-state index contributed by atoms with van der Waals surface area (Å²) in [6, 6.07) is 0.136. The van der Waals surface area contributed by atoms with Gasteiger partial charge in [0, 0.05) is 11.2 Å². The highest BCUT2D eigenvalue weighted by Gasteiger charge is 2.14. The SMILES string of the molecule is CON1C=CC=C(Cl)C1C. The van der Waals surface area contributed by atoms with Gasteiger partial charge in [-0.1, -0.05) is 11.6 Å². The first-order chi connectivity index (χ1) is 4.75. The smallest absolute Gasteiger partial charge is 0.0885 e. The maximum atomic E-state index is 5.83. The molecule has 0 spiro atoms. The lowest BCUT2D eigenvalue weighted by Gasteiger charge is -2.26. The Morgan fingerprint density at radius 3 is 2.90 bits per heavy atom. The minimum Gasteiger partial charge on any atom is -0.277 e. The zero-order chi connectivity index (χ0) is 7.56. The number of rotatable bonds is 1. The summed E-state index contributed by atoms with van der Waals surface area (Å²) in [5, 5.41) is 2.49. The quantitative estimate of drug-likeness (QED) is 0.580. The number of nitrogens with zero attached hydrogens (tertiary/aromatic N) is 1. The number of hydrogen-bond donors (Lipinski definition) is 0. The molecule has 0 aromatic heterocycles. The average Bonchev–Trinajstić information content (AvgIpc) is 1.95. The lowest BCUT2D eigenvalue weighted by Crippen LogP contribution is -2.28. The Bertz CT molecular complexity index is 176. The first-order valence-corrected chi connectivity index (χ1v) is 3.50. The molecule has 0 saturated carbocycles. The molecule has 1 aliphatic heterocycles. The fourth-order valence-electron chi connectivity index (χ4n) is 0.829. The van der Waals surface area contributed by atoms with E-state index in [0.717, 1.165) is 5.03 Å². The zero-order valence-corrected chi connectivity index (χ0v) is 6.80. The van der Waals surface area contributed by atoms with Crippen LogP contribution in [0.3, 0.4) is 0 Å². The molecule has 0 aromatic rings. The number of allylic oxidation sites excluding steroid dienone is 2. The summed E-state index contributed by atoms with van der Waals surface area (Å²) < 4.78 is 0. The van der Waals surface area contributed by atoms with Crippen LogP contribution in [0, 0.1) is 0 Å². The van der Waals surface area contributed by atoms with Crippen LogP contribution in [-0.2, 0) is 4.84 Å². The number of hydroxylamine groups is 2. The monoisotopic (exact) mass is 159 g/mol. The van der Waals surface area contributed by atoms with Crippen molar-refractivity contribution in [2.45, 2.75) is 13.0 Å². The highest BCUT2D eigenvalue weighted by molar-refractivity contribution is 6.30. The molecule has 0 bridgehead atoms. The van der Waals surface area contributed by atoms with Gasteiger partial charge in [0.2, 0.25) is 0 Å². The van der Waals surface area contributed by atoms with E-state index in [0.29, 0.717) is 0 Å². The third kappa shape index (κ3) is 1.33. The van der Waals surface area contributed by atoms with Gasteiger partial charge < -0.3 is 0 Å². The fourth-order valence-corrected chi connectivity index (χ4v) is 0.998. The molecule has 0 aromatic carbocycles. The maximum absolute atomic E-state index is 5.83. The van der Waals surface area contributed by atoms with E-state index in [9.17, 15) is 0 Å². The van der Waals surface area contributed by atoms with E-state index >= 15 is 0 Å². The number of hydrogen-bond acceptors (Lipinski definition) is 2. The summed E-state index contributed by atoms with van der Waals surface area (Å²) in [4.78, 5) is 5.00. The van der Waals surface area contributed by atoms with Gasteiger partial charge >= 0.3 is 0 Å². The summed E-state index contributed by atoms with van der Waals surface area (Å²) in [6.45, 7) is 1.98. The second kappa shape index (κ2) is 3.08. The van der Waals surface area contributed by atoms with E-state index in [2.05, 4.69) is 0 Å². The summed E-state index contributed by atoms with van der Waals surface area (Å²) in [5.41, 5.74) is 0. The summed E-state index contributed by atoms with van der Waals surface area (Å²) in [6.07, 6.45) is 5.56. The van der Waals surface area contributed by atoms with Gasteiger partial charge in [0.1, 0.15) is 0 Å². The van der Waals surface area contributed by atoms with Gasteiger partial charge in [0.25, 0.3) is 0 Å². The maximum Gasteiger partial charge on any atom is 0.0885 e. The van der Waals surface area contributed by atoms with E-state index in [1.54, 1.807) is 12.2 Å². The van der Waals surface area contributed by atoms with Gasteiger partial charge in [-0.2, -0.15) is 0 Å². The van der Waals surface area contributed by atoms with Crippen molar-refractivity contribution >= 4 is 11.6 Å². The molecule has 1 rings (SSSR count). The second-order valence-electron chi connectivity index (χ2n) is 2.11. The van der Waals surface area contributed by atoms with E-state index in [1.165, 1.54) is 0 Å². The molecular weight excluding hydrogens is 150 g/mol. The minimum absolute atomic E-state index is 0.136. The van der Waals surface area contributed by atoms with E-state index in [4.69, 9.17) is 16.4 Å². The van der Waals surface area contributed by atoms with Crippen molar-refractivity contribution in [2.75, 3.05) is 7.11 Å². The van der Waals surface area contributed by atoms with Crippen molar-refractivity contribution in [2.24, 2.45) is 0 Å². The van der Waals surface area contributed by atoms with Crippen LogP contribution in [0.25, 0.3) is 0 Å². The molecule has 0 fully saturated rings. The van der Waals surface area contributed by atoms with Gasteiger partial charge in [-0.25, -0.2) is 0 Å². The highest BCUT2D eigenvalue weighted by Crippen LogP contribution is 2.18. The van der Waals surface area contributed by atoms with Crippen LogP contribution in [0.1, 0.15) is 6.92 Å². The van der Waals surface area contributed by atoms with Crippen LogP contribution in [0.5, 0.6) is 0 Å². The average molecular weight is 160 g/mol. The molecular formula is C7H10ClNO. The molecule has 10 heavy (non-hydrogen) atoms. The van der Waals surface area contributed by atoms with E-state index in [-0.39, 0.29) is 6.04 Å². The summed E-state index contributed by atoms with van der Waals surface area (Å²) >= 11 is 5.83. The lowest BCUT2D eigenvalue weighted by atomic mass is 10.2. The topological polar surface area (TPSA) is 12.5 Å². The fraction of sp³-hybridized carbons (Fsp3) is 0.429. The third-order valence-electron chi connectivity index (χ3n) is 1.48. The molecule has 0 aliphatic carbocycles. The lowest BCUT2D eigenvalue weighted by molar-refractivity contribution is -0.105. The van der Waals surface area contributed by atoms with Gasteiger partial charge in [-0.15, -0.1) is 0 Å². The van der Waals surface area contributed by atoms with Crippen LogP contribution >= 0.6 is 11.6 Å². The molecule has 56 valence electrons. The molecule has 3 heteroatoms. The molecule has 0 amide bonds. The van der Waals surface area contributed by atoms with Crippen molar-refractivity contribution in [3.8, 4) is 0 Å². The molecule has 2 nitrogen and oxygen atoms in total. The van der Waals surface area contributed by atoms with Crippen LogP contribution in [0.15, 0.2) is 23.4 Å². The van der Waals surface area contributed by atoms with Crippen molar-refractivity contribution in [3.63, 3.8) is 0 Å². The molecule has 1 aliphatic rings. The Hall–Kier alpha value is -0.470. The van der Waals surface area contributed by atoms with Crippen LogP contribution in [0.4, 0.5) is 0 Å². The summed E-state index contributed by atoms with van der Waals surface area (Å²) in [7, 11) is 1.62. The second-order valence-corrected chi connectivity index (χ2v) is 2.55. The van der Waals surface area contributed by atoms with Crippen molar-refractivity contribution in [1.82, 2.24) is 5.06 Å². The van der Waals surface area contributed by atoms with Crippen molar-refractivity contribution in [1.29, 1.82) is 0 Å². The summed E-state index contributed by atoms with van der Waals surface area (Å²) in [5.74, 6) is 0. The Kier molecular flexibility index (Phi) is 2.35. The molecule has 1 unspecified atom stereocenters. The predicted molar refractivity (Wildman–Crippen MR) is 41.4 cm³/mol. The molecule has 0 N–H and O–H groups in total. The Morgan fingerprint density at radius 2 is 2.40 bits per heavy atom. The third-order valence-corrected chi connectivity index (χ3v) is 1.92. The Balaban J connectivity index is 2.68. The van der Waals surface area contributed by atoms with Crippen LogP contribution < -0.4 is 0 Å². The molecule has 0 saturated heterocycles. The first-order valence-electron chi connectivity index (χ1n) is 3.12. The minimum atomic E-state index is 0.136. The van der Waals surface area contributed by atoms with Crippen molar-refractivity contribution < 1.29 is 4.84 Å². The largest absolute Gasteiger partial charge is 0.277 e. The van der Waals surface area contributed by atoms with Gasteiger partial charge in [0.05, 0.1) is 13.2 Å². The van der Waals surface area contributed by atoms with Crippen LogP contribution in [0.2, 0.25) is 0 Å². The van der Waals surface area contributed by atoms with Gasteiger partial charge in [0.15, 0.2) is 0 Å². The normalized spacial score (nSPS) is 24.9. The number of halogens is 1. The predicted octanol–water partition coefficient (Wildman–Crippen LogP) is 1.89. The Morgan fingerprint density at radius 1 is 1.70 bits per heavy atom.